The maximum absolute atomic E-state index is 12.3. The van der Waals surface area contributed by atoms with E-state index in [-0.39, 0.29) is 18.1 Å². The standard InChI is InChI=1S/C18H19N5O2/c1-12-7-8-13(2)15(10-12)20-16(24)11-23-18(25)22(3)17(21-23)14-6-4-5-9-19-14/h4-10H,11H2,1-3H3,(H,20,24). The quantitative estimate of drug-likeness (QED) is 0.788. The monoisotopic (exact) mass is 337 g/mol. The van der Waals surface area contributed by atoms with Gasteiger partial charge >= 0.3 is 5.69 Å². The number of pyridine rings is 1. The zero-order valence-electron chi connectivity index (χ0n) is 14.4. The van der Waals surface area contributed by atoms with Crippen molar-refractivity contribution in [3.63, 3.8) is 0 Å². The van der Waals surface area contributed by atoms with E-state index in [1.165, 1.54) is 4.57 Å². The molecule has 0 unspecified atom stereocenters. The highest BCUT2D eigenvalue weighted by Crippen LogP contribution is 2.16. The van der Waals surface area contributed by atoms with Crippen LogP contribution in [0.15, 0.2) is 47.4 Å². The second-order valence-corrected chi connectivity index (χ2v) is 5.90. The van der Waals surface area contributed by atoms with E-state index >= 15 is 0 Å². The Balaban J connectivity index is 1.83. The van der Waals surface area contributed by atoms with E-state index in [1.54, 1.807) is 25.4 Å². The molecule has 0 bridgehead atoms. The summed E-state index contributed by atoms with van der Waals surface area (Å²) in [5.41, 5.74) is 2.96. The number of carbonyl (C=O) groups excluding carboxylic acids is 1. The molecule has 2 heterocycles. The third kappa shape index (κ3) is 3.50. The molecule has 0 atom stereocenters. The van der Waals surface area contributed by atoms with E-state index in [9.17, 15) is 9.59 Å². The van der Waals surface area contributed by atoms with Gasteiger partial charge < -0.3 is 5.32 Å². The molecule has 3 aromatic rings. The summed E-state index contributed by atoms with van der Waals surface area (Å²) in [6.07, 6.45) is 1.63. The molecule has 0 spiro atoms. The number of nitrogens with zero attached hydrogens (tertiary/aromatic N) is 4. The van der Waals surface area contributed by atoms with Crippen LogP contribution in [0.1, 0.15) is 11.1 Å². The molecule has 7 nitrogen and oxygen atoms in total. The van der Waals surface area contributed by atoms with Gasteiger partial charge in [-0.05, 0) is 43.2 Å². The van der Waals surface area contributed by atoms with Gasteiger partial charge in [0.05, 0.1) is 0 Å². The van der Waals surface area contributed by atoms with E-state index in [0.29, 0.717) is 11.5 Å². The van der Waals surface area contributed by atoms with E-state index in [2.05, 4.69) is 15.4 Å². The van der Waals surface area contributed by atoms with Crippen LogP contribution < -0.4 is 11.0 Å². The second-order valence-electron chi connectivity index (χ2n) is 5.90. The Morgan fingerprint density at radius 2 is 2.00 bits per heavy atom. The molecule has 1 amide bonds. The van der Waals surface area contributed by atoms with Crippen molar-refractivity contribution in [3.05, 3.63) is 64.2 Å². The van der Waals surface area contributed by atoms with Crippen molar-refractivity contribution in [2.75, 3.05) is 5.32 Å². The van der Waals surface area contributed by atoms with Crippen LogP contribution in [0, 0.1) is 13.8 Å². The van der Waals surface area contributed by atoms with Crippen LogP contribution in [0.25, 0.3) is 11.5 Å². The van der Waals surface area contributed by atoms with Crippen molar-refractivity contribution in [1.29, 1.82) is 0 Å². The van der Waals surface area contributed by atoms with Crippen molar-refractivity contribution >= 4 is 11.6 Å². The van der Waals surface area contributed by atoms with Crippen LogP contribution in [-0.2, 0) is 18.4 Å². The predicted molar refractivity (Wildman–Crippen MR) is 95.2 cm³/mol. The topological polar surface area (TPSA) is 81.8 Å². The lowest BCUT2D eigenvalue weighted by molar-refractivity contribution is -0.117. The Morgan fingerprint density at radius 3 is 2.72 bits per heavy atom. The Kier molecular flexibility index (Phi) is 4.47. The van der Waals surface area contributed by atoms with Crippen LogP contribution in [-0.4, -0.2) is 25.2 Å². The summed E-state index contributed by atoms with van der Waals surface area (Å²) in [6, 6.07) is 11.2. The van der Waals surface area contributed by atoms with Crippen molar-refractivity contribution in [2.45, 2.75) is 20.4 Å². The first-order chi connectivity index (χ1) is 12.0. The summed E-state index contributed by atoms with van der Waals surface area (Å²) in [5, 5.41) is 7.08. The van der Waals surface area contributed by atoms with E-state index < -0.39 is 0 Å². The lowest BCUT2D eigenvalue weighted by atomic mass is 10.1. The third-order valence-electron chi connectivity index (χ3n) is 3.90. The Bertz CT molecular complexity index is 973. The van der Waals surface area contributed by atoms with Crippen molar-refractivity contribution < 1.29 is 4.79 Å². The number of carbonyl (C=O) groups is 1. The van der Waals surface area contributed by atoms with Gasteiger partial charge in [0.1, 0.15) is 12.2 Å². The van der Waals surface area contributed by atoms with Gasteiger partial charge in [0, 0.05) is 18.9 Å². The maximum Gasteiger partial charge on any atom is 0.346 e. The Hall–Kier alpha value is -3.22. The van der Waals surface area contributed by atoms with Crippen LogP contribution in [0.3, 0.4) is 0 Å². The molecule has 0 aliphatic heterocycles. The molecule has 2 aromatic heterocycles. The Labute approximate surface area is 144 Å². The molecular formula is C18H19N5O2. The maximum atomic E-state index is 12.3. The molecule has 0 saturated heterocycles. The zero-order chi connectivity index (χ0) is 18.0. The van der Waals surface area contributed by atoms with Gasteiger partial charge in [0.25, 0.3) is 0 Å². The molecule has 1 N–H and O–H groups in total. The fourth-order valence-corrected chi connectivity index (χ4v) is 2.51. The lowest BCUT2D eigenvalue weighted by Crippen LogP contribution is -2.29. The summed E-state index contributed by atoms with van der Waals surface area (Å²) in [7, 11) is 1.61. The predicted octanol–water partition coefficient (Wildman–Crippen LogP) is 1.90. The first kappa shape index (κ1) is 16.6. The lowest BCUT2D eigenvalue weighted by Gasteiger charge is -2.09. The number of rotatable bonds is 4. The van der Waals surface area contributed by atoms with Gasteiger partial charge in [0.15, 0.2) is 5.82 Å². The average Bonchev–Trinajstić information content (AvgIpc) is 2.87. The molecule has 0 aliphatic rings. The number of amides is 1. The third-order valence-corrected chi connectivity index (χ3v) is 3.90. The van der Waals surface area contributed by atoms with Crippen LogP contribution >= 0.6 is 0 Å². The number of hydrogen-bond acceptors (Lipinski definition) is 4. The van der Waals surface area contributed by atoms with Crippen molar-refractivity contribution in [1.82, 2.24) is 19.3 Å². The van der Waals surface area contributed by atoms with Crippen LogP contribution in [0.4, 0.5) is 5.69 Å². The minimum Gasteiger partial charge on any atom is -0.324 e. The minimum absolute atomic E-state index is 0.160. The summed E-state index contributed by atoms with van der Waals surface area (Å²) >= 11 is 0. The smallest absolute Gasteiger partial charge is 0.324 e. The largest absolute Gasteiger partial charge is 0.346 e. The molecule has 0 radical (unpaired) electrons. The highest BCUT2D eigenvalue weighted by molar-refractivity contribution is 5.91. The highest BCUT2D eigenvalue weighted by Gasteiger charge is 2.15. The number of nitrogens with one attached hydrogen (secondary N) is 1. The van der Waals surface area contributed by atoms with Gasteiger partial charge in [-0.25, -0.2) is 9.48 Å². The fourth-order valence-electron chi connectivity index (χ4n) is 2.51. The summed E-state index contributed by atoms with van der Waals surface area (Å²) < 4.78 is 2.53. The average molecular weight is 337 g/mol. The molecular weight excluding hydrogens is 318 g/mol. The number of benzene rings is 1. The second kappa shape index (κ2) is 6.72. The Morgan fingerprint density at radius 1 is 1.20 bits per heavy atom. The highest BCUT2D eigenvalue weighted by atomic mass is 16.2. The van der Waals surface area contributed by atoms with Crippen molar-refractivity contribution in [2.24, 2.45) is 7.05 Å². The normalized spacial score (nSPS) is 10.7. The number of aromatic nitrogens is 4. The molecule has 0 saturated carbocycles. The fraction of sp³-hybridized carbons (Fsp3) is 0.222. The summed E-state index contributed by atoms with van der Waals surface area (Å²) in [4.78, 5) is 28.8. The van der Waals surface area contributed by atoms with Gasteiger partial charge in [-0.2, -0.15) is 0 Å². The van der Waals surface area contributed by atoms with Gasteiger partial charge in [-0.15, -0.1) is 5.10 Å². The first-order valence-electron chi connectivity index (χ1n) is 7.88. The zero-order valence-corrected chi connectivity index (χ0v) is 14.4. The van der Waals surface area contributed by atoms with E-state index in [1.807, 2.05) is 38.1 Å². The SMILES string of the molecule is Cc1ccc(C)c(NC(=O)Cn2nc(-c3ccccn3)n(C)c2=O)c1. The van der Waals surface area contributed by atoms with Gasteiger partial charge in [-0.1, -0.05) is 18.2 Å². The summed E-state index contributed by atoms with van der Waals surface area (Å²) in [5.74, 6) is 0.117. The number of anilines is 1. The van der Waals surface area contributed by atoms with E-state index in [0.717, 1.165) is 21.5 Å². The molecule has 3 rings (SSSR count). The molecule has 0 aliphatic carbocycles. The van der Waals surface area contributed by atoms with E-state index in [4.69, 9.17) is 0 Å². The van der Waals surface area contributed by atoms with Crippen LogP contribution in [0.2, 0.25) is 0 Å². The molecule has 0 fully saturated rings. The van der Waals surface area contributed by atoms with Gasteiger partial charge in [-0.3, -0.25) is 14.3 Å². The number of aryl methyl sites for hydroxylation is 2. The number of hydrogen-bond donors (Lipinski definition) is 1. The molecule has 128 valence electrons. The minimum atomic E-state index is -0.364. The summed E-state index contributed by atoms with van der Waals surface area (Å²) in [6.45, 7) is 3.71. The van der Waals surface area contributed by atoms with Crippen LogP contribution in [0.5, 0.6) is 0 Å². The molecule has 25 heavy (non-hydrogen) atoms. The first-order valence-corrected chi connectivity index (χ1v) is 7.88. The molecule has 1 aromatic carbocycles. The molecule has 7 heteroatoms. The van der Waals surface area contributed by atoms with Crippen molar-refractivity contribution in [3.8, 4) is 11.5 Å². The van der Waals surface area contributed by atoms with Gasteiger partial charge in [0.2, 0.25) is 5.91 Å².